The molecule has 1 saturated carbocycles. The van der Waals surface area contributed by atoms with Crippen LogP contribution < -0.4 is 5.32 Å². The number of hydrogen-bond donors (Lipinski definition) is 1. The van der Waals surface area contributed by atoms with Gasteiger partial charge in [0.25, 0.3) is 0 Å². The average Bonchev–Trinajstić information content (AvgIpc) is 2.04. The van der Waals surface area contributed by atoms with Crippen LogP contribution in [0.25, 0.3) is 0 Å². The molecule has 1 aliphatic carbocycles. The highest BCUT2D eigenvalue weighted by molar-refractivity contribution is 7.92. The van der Waals surface area contributed by atoms with E-state index in [1.807, 2.05) is 0 Å². The van der Waals surface area contributed by atoms with Crippen LogP contribution in [0.15, 0.2) is 0 Å². The van der Waals surface area contributed by atoms with Gasteiger partial charge in [-0.15, -0.1) is 0 Å². The molecule has 1 saturated heterocycles. The van der Waals surface area contributed by atoms with Crippen LogP contribution in [0.5, 0.6) is 0 Å². The van der Waals surface area contributed by atoms with Gasteiger partial charge in [0.1, 0.15) is 0 Å². The zero-order chi connectivity index (χ0) is 8.60. The number of fused-ring (bicyclic) bond motifs is 1. The minimum Gasteiger partial charge on any atom is -0.312 e. The molecule has 2 fully saturated rings. The van der Waals surface area contributed by atoms with Gasteiger partial charge in [-0.2, -0.15) is 0 Å². The minimum atomic E-state index is -2.75. The van der Waals surface area contributed by atoms with Crippen molar-refractivity contribution in [2.45, 2.75) is 37.0 Å². The Morgan fingerprint density at radius 2 is 1.92 bits per heavy atom. The predicted octanol–water partition coefficient (Wildman–Crippen LogP) is 0.316. The molecule has 0 bridgehead atoms. The Balaban J connectivity index is 2.20. The maximum absolute atomic E-state index is 11.6. The Hall–Kier alpha value is -0.0900. The molecule has 0 aromatic carbocycles. The smallest absolute Gasteiger partial charge is 0.155 e. The lowest BCUT2D eigenvalue weighted by molar-refractivity contribution is 0.363. The first kappa shape index (κ1) is 8.51. The first-order valence-corrected chi connectivity index (χ1v) is 6.37. The highest BCUT2D eigenvalue weighted by Crippen LogP contribution is 2.26. The largest absolute Gasteiger partial charge is 0.312 e. The van der Waals surface area contributed by atoms with E-state index in [4.69, 9.17) is 0 Å². The Morgan fingerprint density at radius 3 is 2.67 bits per heavy atom. The lowest BCUT2D eigenvalue weighted by atomic mass is 9.95. The molecule has 0 unspecified atom stereocenters. The van der Waals surface area contributed by atoms with Gasteiger partial charge in [-0.05, 0) is 12.8 Å². The number of nitrogens with one attached hydrogen (secondary N) is 1. The third kappa shape index (κ3) is 1.38. The molecule has 1 N–H and O–H groups in total. The molecule has 1 heterocycles. The summed E-state index contributed by atoms with van der Waals surface area (Å²) in [5.74, 6) is 0.341. The lowest BCUT2D eigenvalue weighted by Gasteiger charge is -2.35. The van der Waals surface area contributed by atoms with Crippen LogP contribution in [0.4, 0.5) is 0 Å². The molecule has 12 heavy (non-hydrogen) atoms. The van der Waals surface area contributed by atoms with Gasteiger partial charge in [-0.1, -0.05) is 12.8 Å². The topological polar surface area (TPSA) is 46.2 Å². The van der Waals surface area contributed by atoms with Gasteiger partial charge in [-0.25, -0.2) is 8.42 Å². The second-order valence-corrected chi connectivity index (χ2v) is 6.09. The van der Waals surface area contributed by atoms with Gasteiger partial charge in [0, 0.05) is 12.6 Å². The van der Waals surface area contributed by atoms with E-state index in [-0.39, 0.29) is 11.3 Å². The van der Waals surface area contributed by atoms with Crippen molar-refractivity contribution < 1.29 is 8.42 Å². The van der Waals surface area contributed by atoms with Crippen LogP contribution >= 0.6 is 0 Å². The molecule has 2 atom stereocenters. The highest BCUT2D eigenvalue weighted by Gasteiger charge is 2.37. The second-order valence-electron chi connectivity index (χ2n) is 3.75. The summed E-state index contributed by atoms with van der Waals surface area (Å²) in [7, 11) is -2.75. The second kappa shape index (κ2) is 3.00. The van der Waals surface area contributed by atoms with Crippen LogP contribution in [0, 0.1) is 0 Å². The van der Waals surface area contributed by atoms with Gasteiger partial charge >= 0.3 is 0 Å². The molecule has 2 aliphatic rings. The number of sulfone groups is 1. The van der Waals surface area contributed by atoms with Crippen molar-refractivity contribution in [3.05, 3.63) is 0 Å². The maximum atomic E-state index is 11.6. The van der Waals surface area contributed by atoms with E-state index < -0.39 is 9.84 Å². The molecule has 1 aliphatic heterocycles. The van der Waals surface area contributed by atoms with Gasteiger partial charge in [-0.3, -0.25) is 0 Å². The summed E-state index contributed by atoms with van der Waals surface area (Å²) in [6.07, 6.45) is 4.19. The van der Waals surface area contributed by atoms with Crippen LogP contribution in [0.2, 0.25) is 0 Å². The first-order valence-electron chi connectivity index (χ1n) is 4.65. The summed E-state index contributed by atoms with van der Waals surface area (Å²) in [6.45, 7) is 0.656. The molecule has 0 spiro atoms. The highest BCUT2D eigenvalue weighted by atomic mass is 32.2. The normalized spacial score (nSPS) is 40.3. The average molecular weight is 189 g/mol. The Morgan fingerprint density at radius 1 is 1.17 bits per heavy atom. The van der Waals surface area contributed by atoms with Gasteiger partial charge in [0.2, 0.25) is 0 Å². The van der Waals surface area contributed by atoms with Gasteiger partial charge < -0.3 is 5.32 Å². The van der Waals surface area contributed by atoms with Crippen LogP contribution in [0.3, 0.4) is 0 Å². The fraction of sp³-hybridized carbons (Fsp3) is 1.00. The van der Waals surface area contributed by atoms with Crippen LogP contribution in [-0.4, -0.2) is 32.0 Å². The van der Waals surface area contributed by atoms with Crippen LogP contribution in [0.1, 0.15) is 25.7 Å². The fourth-order valence-corrected chi connectivity index (χ4v) is 4.26. The van der Waals surface area contributed by atoms with Crippen molar-refractivity contribution in [2.75, 3.05) is 12.3 Å². The molecule has 4 heteroatoms. The summed E-state index contributed by atoms with van der Waals surface area (Å²) in [5.41, 5.74) is 0. The SMILES string of the molecule is O=S1(=O)CCN[C@@H]2CCCC[C@@H]21. The molecule has 0 radical (unpaired) electrons. The quantitative estimate of drug-likeness (QED) is 0.597. The molecule has 70 valence electrons. The number of rotatable bonds is 0. The summed E-state index contributed by atoms with van der Waals surface area (Å²) >= 11 is 0. The third-order valence-corrected chi connectivity index (χ3v) is 5.22. The van der Waals surface area contributed by atoms with Crippen molar-refractivity contribution in [2.24, 2.45) is 0 Å². The zero-order valence-electron chi connectivity index (χ0n) is 7.12. The van der Waals surface area contributed by atoms with Crippen LogP contribution in [-0.2, 0) is 9.84 Å². The Bertz CT molecular complexity index is 258. The first-order chi connectivity index (χ1) is 5.70. The summed E-state index contributed by atoms with van der Waals surface area (Å²) < 4.78 is 23.2. The molecule has 0 aromatic rings. The fourth-order valence-electron chi connectivity index (χ4n) is 2.30. The van der Waals surface area contributed by atoms with E-state index in [2.05, 4.69) is 5.32 Å². The Labute approximate surface area is 73.5 Å². The molecule has 0 aromatic heterocycles. The van der Waals surface area contributed by atoms with E-state index >= 15 is 0 Å². The summed E-state index contributed by atoms with van der Waals surface area (Å²) in [5, 5.41) is 3.23. The molecule has 3 nitrogen and oxygen atoms in total. The van der Waals surface area contributed by atoms with Crippen molar-refractivity contribution in [1.82, 2.24) is 5.32 Å². The van der Waals surface area contributed by atoms with Crippen molar-refractivity contribution >= 4 is 9.84 Å². The van der Waals surface area contributed by atoms with E-state index in [1.54, 1.807) is 0 Å². The van der Waals surface area contributed by atoms with E-state index in [1.165, 1.54) is 6.42 Å². The molecular weight excluding hydrogens is 174 g/mol. The Kier molecular flexibility index (Phi) is 2.12. The van der Waals surface area contributed by atoms with Crippen molar-refractivity contribution in [1.29, 1.82) is 0 Å². The van der Waals surface area contributed by atoms with Crippen molar-refractivity contribution in [3.8, 4) is 0 Å². The predicted molar refractivity (Wildman–Crippen MR) is 47.8 cm³/mol. The molecule has 2 rings (SSSR count). The third-order valence-electron chi connectivity index (χ3n) is 2.96. The van der Waals surface area contributed by atoms with E-state index in [0.29, 0.717) is 12.3 Å². The van der Waals surface area contributed by atoms with Gasteiger partial charge in [0.15, 0.2) is 9.84 Å². The standard InChI is InChI=1S/C8H15NO2S/c10-12(11)6-5-9-7-3-1-2-4-8(7)12/h7-9H,1-6H2/t7-,8+/m1/s1. The van der Waals surface area contributed by atoms with Crippen molar-refractivity contribution in [3.63, 3.8) is 0 Å². The molecular formula is C8H15NO2S. The minimum absolute atomic E-state index is 0.0694. The van der Waals surface area contributed by atoms with E-state index in [9.17, 15) is 8.42 Å². The maximum Gasteiger partial charge on any atom is 0.155 e. The monoisotopic (exact) mass is 189 g/mol. The summed E-state index contributed by atoms with van der Waals surface area (Å²) in [6, 6.07) is 0.262. The summed E-state index contributed by atoms with van der Waals surface area (Å²) in [4.78, 5) is 0. The van der Waals surface area contributed by atoms with E-state index in [0.717, 1.165) is 19.3 Å². The number of hydrogen-bond acceptors (Lipinski definition) is 3. The molecule has 0 amide bonds. The van der Waals surface area contributed by atoms with Gasteiger partial charge in [0.05, 0.1) is 11.0 Å². The lowest BCUT2D eigenvalue weighted by Crippen LogP contribution is -2.53. The zero-order valence-corrected chi connectivity index (χ0v) is 7.94.